The second-order valence-electron chi connectivity index (χ2n) is 4.76. The van der Waals surface area contributed by atoms with Crippen molar-refractivity contribution in [3.8, 4) is 11.3 Å². The van der Waals surface area contributed by atoms with Crippen LogP contribution in [0.2, 0.25) is 0 Å². The SMILES string of the molecule is O[C@@H]1C(n2cc(-c3cccc(F)c3)nn2)COC[C@@H]1O. The minimum absolute atomic E-state index is 0.100. The number of halogens is 1. The average Bonchev–Trinajstić information content (AvgIpc) is 2.91. The second kappa shape index (κ2) is 5.28. The lowest BCUT2D eigenvalue weighted by atomic mass is 10.0. The van der Waals surface area contributed by atoms with Gasteiger partial charge in [0.15, 0.2) is 0 Å². The molecule has 1 aromatic heterocycles. The van der Waals surface area contributed by atoms with Crippen LogP contribution in [0.4, 0.5) is 4.39 Å². The molecule has 106 valence electrons. The maximum absolute atomic E-state index is 13.2. The van der Waals surface area contributed by atoms with Gasteiger partial charge in [0.05, 0.1) is 19.4 Å². The molecule has 1 saturated heterocycles. The lowest BCUT2D eigenvalue weighted by molar-refractivity contribution is -0.117. The highest BCUT2D eigenvalue weighted by atomic mass is 19.1. The molecule has 0 bridgehead atoms. The summed E-state index contributed by atoms with van der Waals surface area (Å²) >= 11 is 0. The molecule has 2 heterocycles. The summed E-state index contributed by atoms with van der Waals surface area (Å²) in [6.45, 7) is 0.341. The van der Waals surface area contributed by atoms with Crippen LogP contribution >= 0.6 is 0 Å². The van der Waals surface area contributed by atoms with Crippen LogP contribution in [0, 0.1) is 5.82 Å². The van der Waals surface area contributed by atoms with Gasteiger partial charge in [0.1, 0.15) is 29.8 Å². The second-order valence-corrected chi connectivity index (χ2v) is 4.76. The van der Waals surface area contributed by atoms with E-state index in [-0.39, 0.29) is 19.0 Å². The maximum atomic E-state index is 13.2. The number of aliphatic hydroxyl groups excluding tert-OH is 2. The molecule has 1 fully saturated rings. The van der Waals surface area contributed by atoms with Gasteiger partial charge >= 0.3 is 0 Å². The Bertz CT molecular complexity index is 604. The highest BCUT2D eigenvalue weighted by molar-refractivity contribution is 5.57. The van der Waals surface area contributed by atoms with Crippen molar-refractivity contribution in [2.24, 2.45) is 0 Å². The number of benzene rings is 1. The molecule has 0 spiro atoms. The van der Waals surface area contributed by atoms with E-state index >= 15 is 0 Å². The quantitative estimate of drug-likeness (QED) is 0.830. The normalized spacial score (nSPS) is 26.6. The summed E-state index contributed by atoms with van der Waals surface area (Å²) in [6, 6.07) is 5.51. The summed E-state index contributed by atoms with van der Waals surface area (Å²) < 4.78 is 19.8. The lowest BCUT2D eigenvalue weighted by Crippen LogP contribution is -2.45. The largest absolute Gasteiger partial charge is 0.388 e. The van der Waals surface area contributed by atoms with E-state index in [0.717, 1.165) is 0 Å². The molecule has 3 rings (SSSR count). The molecule has 0 amide bonds. The Balaban J connectivity index is 1.86. The fraction of sp³-hybridized carbons (Fsp3) is 0.385. The summed E-state index contributed by atoms with van der Waals surface area (Å²) in [5.74, 6) is -0.353. The predicted octanol–water partition coefficient (Wildman–Crippen LogP) is 0.377. The van der Waals surface area contributed by atoms with Gasteiger partial charge in [-0.05, 0) is 12.1 Å². The number of nitrogens with zero attached hydrogens (tertiary/aromatic N) is 3. The zero-order chi connectivity index (χ0) is 14.1. The maximum Gasteiger partial charge on any atom is 0.123 e. The average molecular weight is 279 g/mol. The summed E-state index contributed by atoms with van der Waals surface area (Å²) in [7, 11) is 0. The monoisotopic (exact) mass is 279 g/mol. The summed E-state index contributed by atoms with van der Waals surface area (Å²) in [5.41, 5.74) is 1.10. The molecule has 2 N–H and O–H groups in total. The van der Waals surface area contributed by atoms with Crippen LogP contribution in [-0.4, -0.2) is 50.6 Å². The number of aromatic nitrogens is 3. The van der Waals surface area contributed by atoms with Crippen LogP contribution in [0.3, 0.4) is 0 Å². The van der Waals surface area contributed by atoms with E-state index in [0.29, 0.717) is 11.3 Å². The number of ether oxygens (including phenoxy) is 1. The Morgan fingerprint density at radius 1 is 1.30 bits per heavy atom. The Kier molecular flexibility index (Phi) is 3.47. The molecule has 20 heavy (non-hydrogen) atoms. The molecule has 6 nitrogen and oxygen atoms in total. The number of aliphatic hydroxyl groups is 2. The van der Waals surface area contributed by atoms with Crippen molar-refractivity contribution < 1.29 is 19.3 Å². The van der Waals surface area contributed by atoms with E-state index in [1.807, 2.05) is 0 Å². The zero-order valence-electron chi connectivity index (χ0n) is 10.6. The molecule has 0 aliphatic carbocycles. The highest BCUT2D eigenvalue weighted by Gasteiger charge is 2.33. The zero-order valence-corrected chi connectivity index (χ0v) is 10.6. The van der Waals surface area contributed by atoms with Crippen LogP contribution in [0.5, 0.6) is 0 Å². The first kappa shape index (κ1) is 13.2. The van der Waals surface area contributed by atoms with Gasteiger partial charge < -0.3 is 14.9 Å². The Hall–Kier alpha value is -1.83. The summed E-state index contributed by atoms with van der Waals surface area (Å²) in [6.07, 6.45) is -0.314. The number of hydrogen-bond donors (Lipinski definition) is 2. The van der Waals surface area contributed by atoms with Crippen LogP contribution in [-0.2, 0) is 4.74 Å². The van der Waals surface area contributed by atoms with Crippen molar-refractivity contribution in [1.29, 1.82) is 0 Å². The third-order valence-corrected chi connectivity index (χ3v) is 3.34. The van der Waals surface area contributed by atoms with E-state index in [9.17, 15) is 14.6 Å². The molecule has 1 aliphatic rings. The molecule has 1 aromatic carbocycles. The third-order valence-electron chi connectivity index (χ3n) is 3.34. The standard InChI is InChI=1S/C13H14FN3O3/c14-9-3-1-2-8(4-9)10-5-17(16-15-10)11-6-20-7-12(18)13(11)19/h1-5,11-13,18-19H,6-7H2/t11?,12-,13+/m0/s1. The minimum atomic E-state index is -0.967. The van der Waals surface area contributed by atoms with E-state index in [1.54, 1.807) is 18.3 Å². The fourth-order valence-corrected chi connectivity index (χ4v) is 2.21. The van der Waals surface area contributed by atoms with Crippen LogP contribution in [0.25, 0.3) is 11.3 Å². The van der Waals surface area contributed by atoms with Gasteiger partial charge in [-0.2, -0.15) is 0 Å². The van der Waals surface area contributed by atoms with Gasteiger partial charge in [-0.1, -0.05) is 17.3 Å². The fourth-order valence-electron chi connectivity index (χ4n) is 2.21. The third kappa shape index (κ3) is 2.43. The highest BCUT2D eigenvalue weighted by Crippen LogP contribution is 2.23. The molecular formula is C13H14FN3O3. The minimum Gasteiger partial charge on any atom is -0.388 e. The topological polar surface area (TPSA) is 80.4 Å². The molecule has 1 aliphatic heterocycles. The molecule has 1 unspecified atom stereocenters. The van der Waals surface area contributed by atoms with Crippen LogP contribution in [0.1, 0.15) is 6.04 Å². The van der Waals surface area contributed by atoms with Crippen LogP contribution in [0.15, 0.2) is 30.5 Å². The first-order valence-corrected chi connectivity index (χ1v) is 6.27. The summed E-state index contributed by atoms with van der Waals surface area (Å²) in [4.78, 5) is 0. The smallest absolute Gasteiger partial charge is 0.123 e. The Labute approximate surface area is 114 Å². The van der Waals surface area contributed by atoms with Gasteiger partial charge in [0.25, 0.3) is 0 Å². The molecule has 3 atom stereocenters. The predicted molar refractivity (Wildman–Crippen MR) is 67.3 cm³/mol. The van der Waals surface area contributed by atoms with Crippen molar-refractivity contribution in [3.05, 3.63) is 36.3 Å². The van der Waals surface area contributed by atoms with Gasteiger partial charge in [0, 0.05) is 5.56 Å². The first-order valence-electron chi connectivity index (χ1n) is 6.27. The van der Waals surface area contributed by atoms with Crippen molar-refractivity contribution in [2.75, 3.05) is 13.2 Å². The van der Waals surface area contributed by atoms with Gasteiger partial charge in [-0.15, -0.1) is 5.10 Å². The van der Waals surface area contributed by atoms with E-state index < -0.39 is 18.2 Å². The molecule has 2 aromatic rings. The Morgan fingerprint density at radius 3 is 2.95 bits per heavy atom. The van der Waals surface area contributed by atoms with Crippen molar-refractivity contribution >= 4 is 0 Å². The van der Waals surface area contributed by atoms with Crippen molar-refractivity contribution in [3.63, 3.8) is 0 Å². The van der Waals surface area contributed by atoms with Gasteiger partial charge in [-0.3, -0.25) is 0 Å². The van der Waals surface area contributed by atoms with Crippen molar-refractivity contribution in [2.45, 2.75) is 18.2 Å². The summed E-state index contributed by atoms with van der Waals surface area (Å²) in [5, 5.41) is 27.4. The number of hydrogen-bond acceptors (Lipinski definition) is 5. The number of rotatable bonds is 2. The van der Waals surface area contributed by atoms with Gasteiger partial charge in [0.2, 0.25) is 0 Å². The van der Waals surface area contributed by atoms with Gasteiger partial charge in [-0.25, -0.2) is 9.07 Å². The molecular weight excluding hydrogens is 265 g/mol. The molecule has 0 saturated carbocycles. The Morgan fingerprint density at radius 2 is 2.15 bits per heavy atom. The lowest BCUT2D eigenvalue weighted by Gasteiger charge is -2.31. The van der Waals surface area contributed by atoms with Crippen LogP contribution < -0.4 is 0 Å². The first-order chi connectivity index (χ1) is 9.65. The molecule has 7 heteroatoms. The van der Waals surface area contributed by atoms with Crippen molar-refractivity contribution in [1.82, 2.24) is 15.0 Å². The van der Waals surface area contributed by atoms with E-state index in [1.165, 1.54) is 16.8 Å². The van der Waals surface area contributed by atoms with E-state index in [4.69, 9.17) is 4.74 Å². The molecule has 0 radical (unpaired) electrons. The van der Waals surface area contributed by atoms with E-state index in [2.05, 4.69) is 10.3 Å².